The maximum atomic E-state index is 14.4. The summed E-state index contributed by atoms with van der Waals surface area (Å²) in [6.07, 6.45) is 1.82. The van der Waals surface area contributed by atoms with Crippen LogP contribution in [0.4, 0.5) is 9.18 Å². The summed E-state index contributed by atoms with van der Waals surface area (Å²) in [6.45, 7) is 8.58. The van der Waals surface area contributed by atoms with Gasteiger partial charge in [-0.3, -0.25) is 14.4 Å². The van der Waals surface area contributed by atoms with E-state index in [2.05, 4.69) is 20.7 Å². The molecule has 1 aromatic heterocycles. The number of ether oxygens (including phenoxy) is 1. The summed E-state index contributed by atoms with van der Waals surface area (Å²) in [6, 6.07) is 12.6. The second-order valence-electron chi connectivity index (χ2n) is 13.6. The number of likely N-dealkylation sites (tertiary alicyclic amines) is 1. The minimum absolute atomic E-state index is 0.0466. The normalized spacial score (nSPS) is 19.0. The lowest BCUT2D eigenvalue weighted by molar-refractivity contribution is -0.142. The SMILES string of the molecule is CN1N=C2CCN(C(=O)[C@@H](Cc3c[nH]c4ccccc34)NC(=O)C(C)(C)NC(=O)OC(C)(C)C)C[C@]2(Cc2ccc(F)cc2)C1=O. The number of amides is 4. The van der Waals surface area contributed by atoms with Crippen molar-refractivity contribution in [2.24, 2.45) is 10.5 Å². The number of rotatable bonds is 8. The van der Waals surface area contributed by atoms with Crippen molar-refractivity contribution in [2.45, 2.75) is 71.1 Å². The van der Waals surface area contributed by atoms with Crippen molar-refractivity contribution in [2.75, 3.05) is 20.1 Å². The number of H-pyrrole nitrogens is 1. The zero-order valence-corrected chi connectivity index (χ0v) is 27.1. The molecule has 2 aliphatic rings. The van der Waals surface area contributed by atoms with Crippen LogP contribution in [-0.2, 0) is 32.0 Å². The molecular formula is C34H41FN6O5. The first-order chi connectivity index (χ1) is 21.6. The lowest BCUT2D eigenvalue weighted by Gasteiger charge is -2.41. The van der Waals surface area contributed by atoms with Crippen molar-refractivity contribution in [3.63, 3.8) is 0 Å². The van der Waals surface area contributed by atoms with Gasteiger partial charge in [0.1, 0.15) is 28.4 Å². The summed E-state index contributed by atoms with van der Waals surface area (Å²) in [4.78, 5) is 59.2. The van der Waals surface area contributed by atoms with E-state index in [1.165, 1.54) is 31.0 Å². The molecule has 0 bridgehead atoms. The van der Waals surface area contributed by atoms with Crippen molar-refractivity contribution in [1.82, 2.24) is 25.5 Å². The highest BCUT2D eigenvalue weighted by Crippen LogP contribution is 2.38. The Hall–Kier alpha value is -4.74. The summed E-state index contributed by atoms with van der Waals surface area (Å²) >= 11 is 0. The minimum atomic E-state index is -1.42. The molecule has 0 radical (unpaired) electrons. The molecule has 2 atom stereocenters. The number of piperidine rings is 1. The molecule has 2 aliphatic heterocycles. The third kappa shape index (κ3) is 6.75. The Morgan fingerprint density at radius 1 is 1.09 bits per heavy atom. The number of alkyl carbamates (subject to hydrolysis) is 1. The second kappa shape index (κ2) is 12.2. The van der Waals surface area contributed by atoms with Crippen LogP contribution in [0.15, 0.2) is 59.8 Å². The van der Waals surface area contributed by atoms with Gasteiger partial charge in [0.25, 0.3) is 5.91 Å². The molecule has 11 nitrogen and oxygen atoms in total. The fraction of sp³-hybridized carbons (Fsp3) is 0.441. The Balaban J connectivity index is 1.43. The molecule has 46 heavy (non-hydrogen) atoms. The van der Waals surface area contributed by atoms with Gasteiger partial charge in [-0.1, -0.05) is 30.3 Å². The Kier molecular flexibility index (Phi) is 8.67. The van der Waals surface area contributed by atoms with Gasteiger partial charge in [-0.25, -0.2) is 14.2 Å². The number of benzene rings is 2. The quantitative estimate of drug-likeness (QED) is 0.346. The van der Waals surface area contributed by atoms with Gasteiger partial charge in [0, 0.05) is 50.1 Å². The molecule has 3 heterocycles. The number of hydrogen-bond acceptors (Lipinski definition) is 6. The maximum Gasteiger partial charge on any atom is 0.408 e. The third-order valence-corrected chi connectivity index (χ3v) is 8.42. The number of carbonyl (C=O) groups excluding carboxylic acids is 4. The van der Waals surface area contributed by atoms with E-state index in [0.717, 1.165) is 22.0 Å². The highest BCUT2D eigenvalue weighted by molar-refractivity contribution is 6.13. The first-order valence-corrected chi connectivity index (χ1v) is 15.3. The summed E-state index contributed by atoms with van der Waals surface area (Å²) in [5.74, 6) is -1.57. The van der Waals surface area contributed by atoms with Crippen LogP contribution in [0.1, 0.15) is 52.2 Å². The molecular weight excluding hydrogens is 591 g/mol. The lowest BCUT2D eigenvalue weighted by atomic mass is 9.73. The van der Waals surface area contributed by atoms with Gasteiger partial charge in [0.15, 0.2) is 0 Å². The van der Waals surface area contributed by atoms with Crippen LogP contribution in [0.5, 0.6) is 0 Å². The van der Waals surface area contributed by atoms with Gasteiger partial charge in [0.2, 0.25) is 11.8 Å². The standard InChI is InChI=1S/C34H41FN6O5/c1-32(2,3)46-31(45)38-33(4,5)29(43)37-26(17-22-19-36-25-10-8-7-9-24(22)25)28(42)41-16-15-27-34(20-41,30(44)40(6)39-27)18-21-11-13-23(35)14-12-21/h7-14,19,26,36H,15-18,20H2,1-6H3,(H,37,43)(H,38,45)/t26-,34+/m1/s1. The van der Waals surface area contributed by atoms with E-state index in [1.807, 2.05) is 30.5 Å². The van der Waals surface area contributed by atoms with Crippen LogP contribution in [-0.4, -0.2) is 81.7 Å². The number of nitrogens with zero attached hydrogens (tertiary/aromatic N) is 3. The van der Waals surface area contributed by atoms with Crippen LogP contribution in [0.2, 0.25) is 0 Å². The molecule has 3 aromatic rings. The van der Waals surface area contributed by atoms with Crippen molar-refractivity contribution in [3.8, 4) is 0 Å². The summed E-state index contributed by atoms with van der Waals surface area (Å²) in [7, 11) is 1.59. The first-order valence-electron chi connectivity index (χ1n) is 15.3. The molecule has 5 rings (SSSR count). The van der Waals surface area contributed by atoms with Crippen LogP contribution in [0, 0.1) is 11.2 Å². The Morgan fingerprint density at radius 2 is 1.78 bits per heavy atom. The lowest BCUT2D eigenvalue weighted by Crippen LogP contribution is -2.62. The predicted molar refractivity (Wildman–Crippen MR) is 171 cm³/mol. The number of aromatic amines is 1. The van der Waals surface area contributed by atoms with E-state index in [4.69, 9.17) is 4.74 Å². The van der Waals surface area contributed by atoms with E-state index in [9.17, 15) is 23.6 Å². The summed E-state index contributed by atoms with van der Waals surface area (Å²) < 4.78 is 19.0. The molecule has 244 valence electrons. The smallest absolute Gasteiger partial charge is 0.408 e. The van der Waals surface area contributed by atoms with Gasteiger partial charge in [-0.15, -0.1) is 0 Å². The Bertz CT molecular complexity index is 1690. The second-order valence-corrected chi connectivity index (χ2v) is 13.6. The number of para-hydroxylation sites is 1. The van der Waals surface area contributed by atoms with E-state index in [0.29, 0.717) is 18.7 Å². The highest BCUT2D eigenvalue weighted by Gasteiger charge is 2.54. The van der Waals surface area contributed by atoms with Gasteiger partial charge >= 0.3 is 6.09 Å². The van der Waals surface area contributed by atoms with Crippen LogP contribution < -0.4 is 10.6 Å². The molecule has 3 N–H and O–H groups in total. The molecule has 1 saturated heterocycles. The molecule has 2 aromatic carbocycles. The van der Waals surface area contributed by atoms with Gasteiger partial charge in [-0.2, -0.15) is 5.10 Å². The average Bonchev–Trinajstić information content (AvgIpc) is 3.49. The van der Waals surface area contributed by atoms with Gasteiger partial charge in [0.05, 0.1) is 5.71 Å². The number of nitrogens with one attached hydrogen (secondary N) is 3. The number of hydrazone groups is 1. The molecule has 12 heteroatoms. The van der Waals surface area contributed by atoms with Crippen LogP contribution in [0.25, 0.3) is 10.9 Å². The molecule has 0 spiro atoms. The number of carbonyl (C=O) groups is 4. The zero-order valence-electron chi connectivity index (χ0n) is 27.1. The van der Waals surface area contributed by atoms with Crippen molar-refractivity contribution in [3.05, 3.63) is 71.7 Å². The van der Waals surface area contributed by atoms with E-state index in [-0.39, 0.29) is 37.0 Å². The third-order valence-electron chi connectivity index (χ3n) is 8.42. The van der Waals surface area contributed by atoms with Crippen molar-refractivity contribution in [1.29, 1.82) is 0 Å². The molecule has 0 aliphatic carbocycles. The highest BCUT2D eigenvalue weighted by atomic mass is 19.1. The van der Waals surface area contributed by atoms with Crippen molar-refractivity contribution >= 4 is 40.4 Å². The summed E-state index contributed by atoms with van der Waals surface area (Å²) in [5.41, 5.74) is -0.178. The van der Waals surface area contributed by atoms with E-state index >= 15 is 0 Å². The largest absolute Gasteiger partial charge is 0.444 e. The topological polar surface area (TPSA) is 136 Å². The fourth-order valence-corrected chi connectivity index (χ4v) is 6.12. The predicted octanol–water partition coefficient (Wildman–Crippen LogP) is 3.93. The molecule has 0 saturated carbocycles. The molecule has 4 amide bonds. The van der Waals surface area contributed by atoms with Gasteiger partial charge in [-0.05, 0) is 70.4 Å². The van der Waals surface area contributed by atoms with Crippen LogP contribution >= 0.6 is 0 Å². The van der Waals surface area contributed by atoms with Crippen molar-refractivity contribution < 1.29 is 28.3 Å². The molecule has 0 unspecified atom stereocenters. The number of aromatic nitrogens is 1. The fourth-order valence-electron chi connectivity index (χ4n) is 6.12. The maximum absolute atomic E-state index is 14.4. The zero-order chi connectivity index (χ0) is 33.4. The Labute approximate surface area is 267 Å². The average molecular weight is 633 g/mol. The number of halogens is 1. The van der Waals surface area contributed by atoms with Gasteiger partial charge < -0.3 is 25.3 Å². The minimum Gasteiger partial charge on any atom is -0.444 e. The van der Waals surface area contributed by atoms with Crippen LogP contribution in [0.3, 0.4) is 0 Å². The first kappa shape index (κ1) is 32.6. The Morgan fingerprint density at radius 3 is 2.48 bits per heavy atom. The molecule has 1 fully saturated rings. The summed E-state index contributed by atoms with van der Waals surface area (Å²) in [5, 5.41) is 12.2. The monoisotopic (exact) mass is 632 g/mol. The van der Waals surface area contributed by atoms with E-state index in [1.54, 1.807) is 44.9 Å². The number of hydrogen-bond donors (Lipinski definition) is 3. The number of fused-ring (bicyclic) bond motifs is 2. The van der Waals surface area contributed by atoms with E-state index < -0.39 is 34.6 Å².